The maximum Gasteiger partial charge on any atom is 0.409 e. The smallest absolute Gasteiger partial charge is 0.409 e. The molecule has 0 saturated carbocycles. The SMILES string of the molecule is CC.COC(=O)N1CCOCC1. The van der Waals surface area contributed by atoms with Crippen LogP contribution in [0.15, 0.2) is 0 Å². The Labute approximate surface area is 73.4 Å². The normalized spacial score (nSPS) is 16.1. The standard InChI is InChI=1S/C6H11NO3.C2H6/c1-9-6(8)7-2-4-10-5-3-7;1-2/h2-5H2,1H3;1-2H3. The van der Waals surface area contributed by atoms with E-state index >= 15 is 0 Å². The van der Waals surface area contributed by atoms with Gasteiger partial charge in [0.05, 0.1) is 20.3 Å². The van der Waals surface area contributed by atoms with Crippen LogP contribution in [0.25, 0.3) is 0 Å². The number of amides is 1. The monoisotopic (exact) mass is 175 g/mol. The van der Waals surface area contributed by atoms with Crippen molar-refractivity contribution in [3.8, 4) is 0 Å². The van der Waals surface area contributed by atoms with Crippen molar-refractivity contribution in [2.24, 2.45) is 0 Å². The largest absolute Gasteiger partial charge is 0.453 e. The molecule has 0 aromatic rings. The zero-order valence-electron chi connectivity index (χ0n) is 8.00. The van der Waals surface area contributed by atoms with Crippen LogP contribution in [-0.4, -0.2) is 44.4 Å². The van der Waals surface area contributed by atoms with Crippen molar-refractivity contribution >= 4 is 6.09 Å². The summed E-state index contributed by atoms with van der Waals surface area (Å²) >= 11 is 0. The second-order valence-electron chi connectivity index (χ2n) is 2.07. The first-order chi connectivity index (χ1) is 5.84. The third-order valence-electron chi connectivity index (χ3n) is 1.44. The van der Waals surface area contributed by atoms with Crippen molar-refractivity contribution < 1.29 is 14.3 Å². The van der Waals surface area contributed by atoms with E-state index in [1.54, 1.807) is 4.90 Å². The van der Waals surface area contributed by atoms with Crippen LogP contribution in [0.3, 0.4) is 0 Å². The van der Waals surface area contributed by atoms with Gasteiger partial charge in [0.25, 0.3) is 0 Å². The molecule has 0 N–H and O–H groups in total. The van der Waals surface area contributed by atoms with Gasteiger partial charge in [-0.05, 0) is 0 Å². The van der Waals surface area contributed by atoms with Crippen molar-refractivity contribution in [2.45, 2.75) is 13.8 Å². The summed E-state index contributed by atoms with van der Waals surface area (Å²) in [5.74, 6) is 0. The summed E-state index contributed by atoms with van der Waals surface area (Å²) in [7, 11) is 1.39. The second-order valence-corrected chi connectivity index (χ2v) is 2.07. The molecule has 0 aromatic carbocycles. The zero-order chi connectivity index (χ0) is 9.40. The molecule has 0 aliphatic carbocycles. The van der Waals surface area contributed by atoms with Crippen LogP contribution >= 0.6 is 0 Å². The number of morpholine rings is 1. The summed E-state index contributed by atoms with van der Waals surface area (Å²) in [6, 6.07) is 0. The second kappa shape index (κ2) is 6.91. The average Bonchev–Trinajstić information content (AvgIpc) is 2.21. The highest BCUT2D eigenvalue weighted by molar-refractivity contribution is 5.67. The van der Waals surface area contributed by atoms with Crippen LogP contribution < -0.4 is 0 Å². The summed E-state index contributed by atoms with van der Waals surface area (Å²) < 4.78 is 9.57. The van der Waals surface area contributed by atoms with E-state index in [1.807, 2.05) is 13.8 Å². The molecule has 1 rings (SSSR count). The lowest BCUT2D eigenvalue weighted by atomic mass is 10.5. The third-order valence-corrected chi connectivity index (χ3v) is 1.44. The number of hydrogen-bond acceptors (Lipinski definition) is 3. The molecule has 12 heavy (non-hydrogen) atoms. The van der Waals surface area contributed by atoms with E-state index < -0.39 is 0 Å². The molecular formula is C8H17NO3. The molecule has 0 bridgehead atoms. The fourth-order valence-electron chi connectivity index (χ4n) is 0.875. The van der Waals surface area contributed by atoms with E-state index in [4.69, 9.17) is 4.74 Å². The van der Waals surface area contributed by atoms with E-state index in [-0.39, 0.29) is 6.09 Å². The van der Waals surface area contributed by atoms with Crippen molar-refractivity contribution in [2.75, 3.05) is 33.4 Å². The van der Waals surface area contributed by atoms with Gasteiger partial charge < -0.3 is 14.4 Å². The predicted molar refractivity (Wildman–Crippen MR) is 46.1 cm³/mol. The molecule has 1 amide bonds. The molecular weight excluding hydrogens is 158 g/mol. The van der Waals surface area contributed by atoms with E-state index in [0.29, 0.717) is 26.3 Å². The van der Waals surface area contributed by atoms with Gasteiger partial charge >= 0.3 is 6.09 Å². The molecule has 1 heterocycles. The lowest BCUT2D eigenvalue weighted by Gasteiger charge is -2.24. The average molecular weight is 175 g/mol. The number of methoxy groups -OCH3 is 1. The minimum absolute atomic E-state index is 0.261. The van der Waals surface area contributed by atoms with Gasteiger partial charge in [-0.25, -0.2) is 4.79 Å². The van der Waals surface area contributed by atoms with Gasteiger partial charge in [-0.1, -0.05) is 13.8 Å². The van der Waals surface area contributed by atoms with Gasteiger partial charge in [-0.3, -0.25) is 0 Å². The Morgan fingerprint density at radius 3 is 2.25 bits per heavy atom. The molecule has 1 aliphatic heterocycles. The van der Waals surface area contributed by atoms with Crippen LogP contribution in [0.5, 0.6) is 0 Å². The molecule has 1 fully saturated rings. The maximum atomic E-state index is 10.8. The van der Waals surface area contributed by atoms with Gasteiger partial charge in [0.2, 0.25) is 0 Å². The molecule has 0 radical (unpaired) electrons. The Morgan fingerprint density at radius 1 is 1.33 bits per heavy atom. The number of carbonyl (C=O) groups is 1. The summed E-state index contributed by atoms with van der Waals surface area (Å²) in [4.78, 5) is 12.4. The molecule has 0 spiro atoms. The minimum atomic E-state index is -0.261. The van der Waals surface area contributed by atoms with Crippen molar-refractivity contribution in [1.29, 1.82) is 0 Å². The number of ether oxygens (including phenoxy) is 2. The Hall–Kier alpha value is -0.770. The van der Waals surface area contributed by atoms with Crippen molar-refractivity contribution in [1.82, 2.24) is 4.90 Å². The van der Waals surface area contributed by atoms with E-state index in [9.17, 15) is 4.79 Å². The first kappa shape index (κ1) is 11.2. The molecule has 0 atom stereocenters. The summed E-state index contributed by atoms with van der Waals surface area (Å²) in [6.07, 6.45) is -0.261. The van der Waals surface area contributed by atoms with Crippen molar-refractivity contribution in [3.63, 3.8) is 0 Å². The minimum Gasteiger partial charge on any atom is -0.453 e. The van der Waals surface area contributed by atoms with E-state index in [0.717, 1.165) is 0 Å². The fourth-order valence-corrected chi connectivity index (χ4v) is 0.875. The van der Waals surface area contributed by atoms with Crippen LogP contribution in [-0.2, 0) is 9.47 Å². The third kappa shape index (κ3) is 3.57. The molecule has 1 aliphatic rings. The van der Waals surface area contributed by atoms with Crippen LogP contribution in [0.1, 0.15) is 13.8 Å². The molecule has 1 saturated heterocycles. The predicted octanol–water partition coefficient (Wildman–Crippen LogP) is 1.11. The van der Waals surface area contributed by atoms with E-state index in [1.165, 1.54) is 7.11 Å². The number of rotatable bonds is 0. The Bertz CT molecular complexity index is 121. The Kier molecular flexibility index (Phi) is 6.47. The fraction of sp³-hybridized carbons (Fsp3) is 0.875. The van der Waals surface area contributed by atoms with Crippen LogP contribution in [0.4, 0.5) is 4.79 Å². The highest BCUT2D eigenvalue weighted by Crippen LogP contribution is 1.97. The zero-order valence-corrected chi connectivity index (χ0v) is 8.00. The Morgan fingerprint density at radius 2 is 1.83 bits per heavy atom. The lowest BCUT2D eigenvalue weighted by molar-refractivity contribution is 0.0334. The molecule has 0 aromatic heterocycles. The van der Waals surface area contributed by atoms with Gasteiger partial charge in [0.15, 0.2) is 0 Å². The first-order valence-electron chi connectivity index (χ1n) is 4.25. The highest BCUT2D eigenvalue weighted by Gasteiger charge is 2.15. The number of nitrogens with zero attached hydrogens (tertiary/aromatic N) is 1. The molecule has 4 heteroatoms. The van der Waals surface area contributed by atoms with Crippen LogP contribution in [0, 0.1) is 0 Å². The molecule has 4 nitrogen and oxygen atoms in total. The number of carbonyl (C=O) groups excluding carboxylic acids is 1. The van der Waals surface area contributed by atoms with Crippen LogP contribution in [0.2, 0.25) is 0 Å². The molecule has 0 unspecified atom stereocenters. The lowest BCUT2D eigenvalue weighted by Crippen LogP contribution is -2.40. The summed E-state index contributed by atoms with van der Waals surface area (Å²) in [6.45, 7) is 6.53. The topological polar surface area (TPSA) is 38.8 Å². The van der Waals surface area contributed by atoms with Crippen molar-refractivity contribution in [3.05, 3.63) is 0 Å². The van der Waals surface area contributed by atoms with Gasteiger partial charge in [0.1, 0.15) is 0 Å². The number of hydrogen-bond donors (Lipinski definition) is 0. The molecule has 72 valence electrons. The maximum absolute atomic E-state index is 10.8. The quantitative estimate of drug-likeness (QED) is 0.553. The van der Waals surface area contributed by atoms with Gasteiger partial charge in [-0.2, -0.15) is 0 Å². The summed E-state index contributed by atoms with van der Waals surface area (Å²) in [5.41, 5.74) is 0. The summed E-state index contributed by atoms with van der Waals surface area (Å²) in [5, 5.41) is 0. The first-order valence-corrected chi connectivity index (χ1v) is 4.25. The highest BCUT2D eigenvalue weighted by atomic mass is 16.5. The van der Waals surface area contributed by atoms with Gasteiger partial charge in [-0.15, -0.1) is 0 Å². The Balaban J connectivity index is 0.000000561. The van der Waals surface area contributed by atoms with Gasteiger partial charge in [0, 0.05) is 13.1 Å². The van der Waals surface area contributed by atoms with E-state index in [2.05, 4.69) is 4.74 Å².